The molecule has 0 radical (unpaired) electrons. The van der Waals surface area contributed by atoms with Gasteiger partial charge in [-0.25, -0.2) is 8.78 Å². The van der Waals surface area contributed by atoms with Crippen molar-refractivity contribution in [2.75, 3.05) is 18.5 Å². The van der Waals surface area contributed by atoms with Crippen LogP contribution in [0.4, 0.5) is 14.5 Å². The fraction of sp³-hybridized carbons (Fsp3) is 0.238. The van der Waals surface area contributed by atoms with E-state index in [-0.39, 0.29) is 17.6 Å². The first-order valence-electron chi connectivity index (χ1n) is 8.96. The lowest BCUT2D eigenvalue weighted by atomic mass is 10.1. The van der Waals surface area contributed by atoms with Gasteiger partial charge in [0.05, 0.1) is 17.4 Å². The summed E-state index contributed by atoms with van der Waals surface area (Å²) in [6.45, 7) is 1.09. The highest BCUT2D eigenvalue weighted by Crippen LogP contribution is 2.17. The van der Waals surface area contributed by atoms with Crippen LogP contribution in [0, 0.1) is 11.6 Å². The Bertz CT molecular complexity index is 873. The highest BCUT2D eigenvalue weighted by Gasteiger charge is 2.18. The molecule has 2 aromatic rings. The second kappa shape index (κ2) is 9.23. The van der Waals surface area contributed by atoms with Gasteiger partial charge in [-0.05, 0) is 43.2 Å². The zero-order valence-electron chi connectivity index (χ0n) is 15.1. The number of halogens is 2. The second-order valence-electron chi connectivity index (χ2n) is 6.35. The molecule has 28 heavy (non-hydrogen) atoms. The van der Waals surface area contributed by atoms with E-state index in [0.717, 1.165) is 37.1 Å². The molecule has 0 bridgehead atoms. The topological polar surface area (TPSA) is 67.4 Å². The number of hydrogen-bond donors (Lipinski definition) is 2. The average molecular weight is 386 g/mol. The fourth-order valence-electron chi connectivity index (χ4n) is 2.90. The Morgan fingerprint density at radius 2 is 1.86 bits per heavy atom. The molecule has 1 heterocycles. The van der Waals surface area contributed by atoms with Crippen LogP contribution in [-0.4, -0.2) is 31.1 Å². The Kier molecular flexibility index (Phi) is 6.49. The SMILES string of the molecule is O=C(/C=C/c1c(F)cccc1F)Nc1ccccc1C(=O)NCC1CCCO1. The minimum Gasteiger partial charge on any atom is -0.376 e. The minimum atomic E-state index is -0.766. The number of anilines is 1. The summed E-state index contributed by atoms with van der Waals surface area (Å²) in [6.07, 6.45) is 3.95. The monoisotopic (exact) mass is 386 g/mol. The van der Waals surface area contributed by atoms with E-state index >= 15 is 0 Å². The van der Waals surface area contributed by atoms with Crippen molar-refractivity contribution >= 4 is 23.6 Å². The zero-order valence-corrected chi connectivity index (χ0v) is 15.1. The normalized spacial score (nSPS) is 16.3. The molecule has 1 saturated heterocycles. The van der Waals surface area contributed by atoms with Gasteiger partial charge in [-0.1, -0.05) is 18.2 Å². The van der Waals surface area contributed by atoms with E-state index in [1.54, 1.807) is 24.3 Å². The molecule has 1 atom stereocenters. The Labute approximate surface area is 161 Å². The van der Waals surface area contributed by atoms with Crippen LogP contribution in [0.15, 0.2) is 48.5 Å². The molecule has 7 heteroatoms. The van der Waals surface area contributed by atoms with E-state index < -0.39 is 17.5 Å². The van der Waals surface area contributed by atoms with Crippen LogP contribution in [0.5, 0.6) is 0 Å². The summed E-state index contributed by atoms with van der Waals surface area (Å²) in [4.78, 5) is 24.6. The van der Waals surface area contributed by atoms with Gasteiger partial charge in [-0.2, -0.15) is 0 Å². The molecule has 2 N–H and O–H groups in total. The van der Waals surface area contributed by atoms with Crippen LogP contribution in [-0.2, 0) is 9.53 Å². The van der Waals surface area contributed by atoms with Crippen molar-refractivity contribution in [3.05, 3.63) is 71.3 Å². The molecule has 5 nitrogen and oxygen atoms in total. The van der Waals surface area contributed by atoms with Crippen molar-refractivity contribution < 1.29 is 23.1 Å². The maximum Gasteiger partial charge on any atom is 0.253 e. The van der Waals surface area contributed by atoms with Gasteiger partial charge in [0.25, 0.3) is 5.91 Å². The highest BCUT2D eigenvalue weighted by atomic mass is 19.1. The standard InChI is InChI=1S/C21H20F2N2O3/c22-17-7-3-8-18(23)15(17)10-11-20(26)25-19-9-2-1-6-16(19)21(27)24-13-14-5-4-12-28-14/h1-3,6-11,14H,4-5,12-13H2,(H,24,27)(H,25,26)/b11-10+. The molecule has 1 unspecified atom stereocenters. The first kappa shape index (κ1) is 19.7. The molecule has 3 rings (SSSR count). The number of benzene rings is 2. The number of carbonyl (C=O) groups excluding carboxylic acids is 2. The van der Waals surface area contributed by atoms with E-state index in [0.29, 0.717) is 24.4 Å². The minimum absolute atomic E-state index is 0.00398. The molecule has 146 valence electrons. The van der Waals surface area contributed by atoms with Crippen LogP contribution in [0.1, 0.15) is 28.8 Å². The third kappa shape index (κ3) is 5.01. The fourth-order valence-corrected chi connectivity index (χ4v) is 2.90. The van der Waals surface area contributed by atoms with E-state index in [4.69, 9.17) is 4.74 Å². The zero-order chi connectivity index (χ0) is 19.9. The van der Waals surface area contributed by atoms with Gasteiger partial charge in [0.15, 0.2) is 0 Å². The second-order valence-corrected chi connectivity index (χ2v) is 6.35. The quantitative estimate of drug-likeness (QED) is 0.747. The molecule has 0 aliphatic carbocycles. The molecule has 0 saturated carbocycles. The third-order valence-electron chi connectivity index (χ3n) is 4.34. The predicted molar refractivity (Wildman–Crippen MR) is 102 cm³/mol. The van der Waals surface area contributed by atoms with Crippen LogP contribution in [0.25, 0.3) is 6.08 Å². The summed E-state index contributed by atoms with van der Waals surface area (Å²) in [7, 11) is 0. The molecule has 2 amide bonds. The maximum atomic E-state index is 13.6. The number of ether oxygens (including phenoxy) is 1. The Balaban J connectivity index is 1.66. The summed E-state index contributed by atoms with van der Waals surface area (Å²) >= 11 is 0. The number of rotatable bonds is 6. The smallest absolute Gasteiger partial charge is 0.253 e. The van der Waals surface area contributed by atoms with Gasteiger partial charge in [-0.3, -0.25) is 9.59 Å². The Morgan fingerprint density at radius 1 is 1.11 bits per heavy atom. The van der Waals surface area contributed by atoms with E-state index in [1.165, 1.54) is 6.07 Å². The van der Waals surface area contributed by atoms with Crippen LogP contribution in [0.3, 0.4) is 0 Å². The number of para-hydroxylation sites is 1. The molecular weight excluding hydrogens is 366 g/mol. The van der Waals surface area contributed by atoms with Crippen molar-refractivity contribution in [1.29, 1.82) is 0 Å². The summed E-state index contributed by atoms with van der Waals surface area (Å²) in [5.41, 5.74) is 0.288. The van der Waals surface area contributed by atoms with Gasteiger partial charge < -0.3 is 15.4 Å². The average Bonchev–Trinajstić information content (AvgIpc) is 3.20. The summed E-state index contributed by atoms with van der Waals surface area (Å²) in [5, 5.41) is 5.36. The largest absolute Gasteiger partial charge is 0.376 e. The highest BCUT2D eigenvalue weighted by molar-refractivity contribution is 6.07. The summed E-state index contributed by atoms with van der Waals surface area (Å²) < 4.78 is 32.7. The molecule has 1 aliphatic rings. The van der Waals surface area contributed by atoms with Gasteiger partial charge in [0, 0.05) is 24.8 Å². The van der Waals surface area contributed by atoms with Gasteiger partial charge in [-0.15, -0.1) is 0 Å². The van der Waals surface area contributed by atoms with Gasteiger partial charge >= 0.3 is 0 Å². The van der Waals surface area contributed by atoms with E-state index in [2.05, 4.69) is 10.6 Å². The van der Waals surface area contributed by atoms with Crippen molar-refractivity contribution in [1.82, 2.24) is 5.32 Å². The molecule has 2 aromatic carbocycles. The van der Waals surface area contributed by atoms with Crippen molar-refractivity contribution in [3.8, 4) is 0 Å². The predicted octanol–water partition coefficient (Wildman–Crippen LogP) is 3.53. The first-order valence-corrected chi connectivity index (χ1v) is 8.96. The summed E-state index contributed by atoms with van der Waals surface area (Å²) in [5.74, 6) is -2.48. The lowest BCUT2D eigenvalue weighted by Gasteiger charge is -2.13. The molecule has 0 spiro atoms. The molecule has 1 fully saturated rings. The third-order valence-corrected chi connectivity index (χ3v) is 4.34. The lowest BCUT2D eigenvalue weighted by Crippen LogP contribution is -2.32. The summed E-state index contributed by atoms with van der Waals surface area (Å²) in [6, 6.07) is 9.97. The number of amides is 2. The van der Waals surface area contributed by atoms with Gasteiger partial charge in [0.1, 0.15) is 11.6 Å². The van der Waals surface area contributed by atoms with Crippen molar-refractivity contribution in [3.63, 3.8) is 0 Å². The number of nitrogens with one attached hydrogen (secondary N) is 2. The number of carbonyl (C=O) groups is 2. The first-order chi connectivity index (χ1) is 13.5. The molecule has 0 aromatic heterocycles. The molecule has 1 aliphatic heterocycles. The van der Waals surface area contributed by atoms with E-state index in [9.17, 15) is 18.4 Å². The van der Waals surface area contributed by atoms with Crippen LogP contribution >= 0.6 is 0 Å². The van der Waals surface area contributed by atoms with Crippen LogP contribution < -0.4 is 10.6 Å². The maximum absolute atomic E-state index is 13.6. The van der Waals surface area contributed by atoms with Crippen molar-refractivity contribution in [2.24, 2.45) is 0 Å². The molecular formula is C21H20F2N2O3. The number of hydrogen-bond acceptors (Lipinski definition) is 3. The lowest BCUT2D eigenvalue weighted by molar-refractivity contribution is -0.111. The Hall–Kier alpha value is -3.06. The van der Waals surface area contributed by atoms with Gasteiger partial charge in [0.2, 0.25) is 5.91 Å². The van der Waals surface area contributed by atoms with E-state index in [1.807, 2.05) is 0 Å². The van der Waals surface area contributed by atoms with Crippen molar-refractivity contribution in [2.45, 2.75) is 18.9 Å². The van der Waals surface area contributed by atoms with Crippen LogP contribution in [0.2, 0.25) is 0 Å². The Morgan fingerprint density at radius 3 is 2.57 bits per heavy atom.